The molecule has 0 spiro atoms. The normalized spacial score (nSPS) is 11.2. The zero-order valence-corrected chi connectivity index (χ0v) is 24.2. The van der Waals surface area contributed by atoms with Gasteiger partial charge in [-0.15, -0.1) is 0 Å². The third kappa shape index (κ3) is 7.43. The maximum Gasteiger partial charge on any atom is 0.308 e. The van der Waals surface area contributed by atoms with Crippen LogP contribution < -0.4 is 9.47 Å². The Hall–Kier alpha value is -2.14. The lowest BCUT2D eigenvalue weighted by atomic mass is 10.2. The van der Waals surface area contributed by atoms with Crippen LogP contribution in [0.3, 0.4) is 0 Å². The predicted molar refractivity (Wildman–Crippen MR) is 147 cm³/mol. The molecule has 0 aromatic heterocycles. The van der Waals surface area contributed by atoms with Crippen molar-refractivity contribution in [1.29, 1.82) is 0 Å². The Bertz CT molecular complexity index is 1160. The molecule has 0 fully saturated rings. The van der Waals surface area contributed by atoms with Gasteiger partial charge in [-0.3, -0.25) is 19.6 Å². The standard InChI is InChI=1S/C24H16Br4N2O4/c1-13(31)33-23-19(25)7-15(8-20(23)26)11-29-17-3-5-18(6-4-17)30-12-16-9-21(27)24(22(28)10-16)34-14(2)32/h3-12H,1-2H3. The van der Waals surface area contributed by atoms with E-state index in [4.69, 9.17) is 9.47 Å². The Morgan fingerprint density at radius 1 is 0.647 bits per heavy atom. The number of ether oxygens (including phenoxy) is 2. The van der Waals surface area contributed by atoms with Crippen molar-refractivity contribution in [3.63, 3.8) is 0 Å². The summed E-state index contributed by atoms with van der Waals surface area (Å²) in [6.45, 7) is 2.70. The van der Waals surface area contributed by atoms with E-state index in [1.165, 1.54) is 13.8 Å². The van der Waals surface area contributed by atoms with Crippen LogP contribution in [-0.2, 0) is 9.59 Å². The first-order valence-electron chi connectivity index (χ1n) is 9.65. The lowest BCUT2D eigenvalue weighted by molar-refractivity contribution is -0.132. The van der Waals surface area contributed by atoms with Crippen molar-refractivity contribution in [2.24, 2.45) is 9.98 Å². The quantitative estimate of drug-likeness (QED) is 0.147. The molecule has 0 saturated carbocycles. The number of aliphatic imine (C=N–C) groups is 2. The van der Waals surface area contributed by atoms with Crippen molar-refractivity contribution >= 4 is 99.5 Å². The van der Waals surface area contributed by atoms with Crippen molar-refractivity contribution in [2.75, 3.05) is 0 Å². The highest BCUT2D eigenvalue weighted by molar-refractivity contribution is 9.11. The van der Waals surface area contributed by atoms with Gasteiger partial charge in [0.2, 0.25) is 0 Å². The summed E-state index contributed by atoms with van der Waals surface area (Å²) >= 11 is 13.6. The SMILES string of the molecule is CC(=O)Oc1c(Br)cc(C=Nc2ccc(N=Cc3cc(Br)c(OC(C)=O)c(Br)c3)cc2)cc1Br. The molecule has 10 heteroatoms. The van der Waals surface area contributed by atoms with Crippen LogP contribution in [0.4, 0.5) is 11.4 Å². The zero-order chi connectivity index (χ0) is 24.8. The van der Waals surface area contributed by atoms with E-state index in [2.05, 4.69) is 73.7 Å². The molecule has 0 heterocycles. The van der Waals surface area contributed by atoms with Crippen molar-refractivity contribution < 1.29 is 19.1 Å². The maximum atomic E-state index is 11.2. The van der Waals surface area contributed by atoms with Crippen molar-refractivity contribution in [3.8, 4) is 11.5 Å². The number of hydrogen-bond acceptors (Lipinski definition) is 6. The number of carbonyl (C=O) groups excluding carboxylic acids is 2. The largest absolute Gasteiger partial charge is 0.424 e. The van der Waals surface area contributed by atoms with Crippen LogP contribution in [0, 0.1) is 0 Å². The number of halogens is 4. The third-order valence-corrected chi connectivity index (χ3v) is 6.46. The van der Waals surface area contributed by atoms with Gasteiger partial charge in [0.1, 0.15) is 0 Å². The number of benzene rings is 3. The van der Waals surface area contributed by atoms with Crippen LogP contribution >= 0.6 is 63.7 Å². The summed E-state index contributed by atoms with van der Waals surface area (Å²) in [6.07, 6.45) is 3.43. The monoisotopic (exact) mass is 712 g/mol. The highest BCUT2D eigenvalue weighted by Crippen LogP contribution is 2.35. The average Bonchev–Trinajstić information content (AvgIpc) is 2.76. The second-order valence-corrected chi connectivity index (χ2v) is 10.3. The van der Waals surface area contributed by atoms with Gasteiger partial charge in [-0.25, -0.2) is 0 Å². The topological polar surface area (TPSA) is 77.3 Å². The molecule has 3 rings (SSSR count). The number of rotatable bonds is 6. The fourth-order valence-corrected chi connectivity index (χ4v) is 5.48. The molecule has 0 saturated heterocycles. The van der Waals surface area contributed by atoms with E-state index in [1.807, 2.05) is 48.5 Å². The molecular formula is C24H16Br4N2O4. The fourth-order valence-electron chi connectivity index (χ4n) is 2.71. The molecule has 0 radical (unpaired) electrons. The smallest absolute Gasteiger partial charge is 0.308 e. The lowest BCUT2D eigenvalue weighted by Crippen LogP contribution is -2.03. The molecule has 174 valence electrons. The van der Waals surface area contributed by atoms with Crippen molar-refractivity contribution in [1.82, 2.24) is 0 Å². The first-order chi connectivity index (χ1) is 16.1. The molecule has 0 N–H and O–H groups in total. The molecule has 0 aliphatic carbocycles. The molecule has 3 aromatic rings. The number of nitrogens with zero attached hydrogens (tertiary/aromatic N) is 2. The number of hydrogen-bond donors (Lipinski definition) is 0. The summed E-state index contributed by atoms with van der Waals surface area (Å²) in [7, 11) is 0. The molecule has 34 heavy (non-hydrogen) atoms. The number of esters is 2. The highest BCUT2D eigenvalue weighted by atomic mass is 79.9. The van der Waals surface area contributed by atoms with Gasteiger partial charge >= 0.3 is 11.9 Å². The molecule has 0 aliphatic heterocycles. The minimum absolute atomic E-state index is 0.398. The van der Waals surface area contributed by atoms with Crippen LogP contribution in [0.5, 0.6) is 11.5 Å². The van der Waals surface area contributed by atoms with Gasteiger partial charge in [0.25, 0.3) is 0 Å². The Morgan fingerprint density at radius 2 is 0.941 bits per heavy atom. The molecule has 0 aliphatic rings. The zero-order valence-electron chi connectivity index (χ0n) is 17.8. The molecule has 0 bridgehead atoms. The van der Waals surface area contributed by atoms with Gasteiger partial charge in [-0.05, 0) is 123 Å². The maximum absolute atomic E-state index is 11.2. The average molecular weight is 716 g/mol. The van der Waals surface area contributed by atoms with Crippen LogP contribution in [0.2, 0.25) is 0 Å². The van der Waals surface area contributed by atoms with Crippen molar-refractivity contribution in [2.45, 2.75) is 13.8 Å². The van der Waals surface area contributed by atoms with Crippen LogP contribution in [-0.4, -0.2) is 24.4 Å². The molecule has 0 atom stereocenters. The van der Waals surface area contributed by atoms with Crippen LogP contribution in [0.25, 0.3) is 0 Å². The van der Waals surface area contributed by atoms with Crippen molar-refractivity contribution in [3.05, 3.63) is 77.5 Å². The van der Waals surface area contributed by atoms with E-state index in [-0.39, 0.29) is 0 Å². The van der Waals surface area contributed by atoms with Gasteiger partial charge in [-0.1, -0.05) is 0 Å². The fraction of sp³-hybridized carbons (Fsp3) is 0.0833. The molecule has 3 aromatic carbocycles. The van der Waals surface area contributed by atoms with E-state index in [9.17, 15) is 9.59 Å². The molecule has 0 amide bonds. The van der Waals surface area contributed by atoms with Gasteiger partial charge in [0.15, 0.2) is 11.5 Å². The number of carbonyl (C=O) groups is 2. The summed E-state index contributed by atoms with van der Waals surface area (Å²) in [5.41, 5.74) is 3.16. The minimum atomic E-state index is -0.398. The Morgan fingerprint density at radius 3 is 1.21 bits per heavy atom. The Labute approximate surface area is 230 Å². The van der Waals surface area contributed by atoms with E-state index in [0.717, 1.165) is 22.5 Å². The van der Waals surface area contributed by atoms with E-state index in [0.29, 0.717) is 29.4 Å². The molecular weight excluding hydrogens is 700 g/mol. The van der Waals surface area contributed by atoms with Crippen LogP contribution in [0.1, 0.15) is 25.0 Å². The highest BCUT2D eigenvalue weighted by Gasteiger charge is 2.11. The van der Waals surface area contributed by atoms with Gasteiger partial charge < -0.3 is 9.47 Å². The summed E-state index contributed by atoms with van der Waals surface area (Å²) < 4.78 is 12.9. The molecule has 6 nitrogen and oxygen atoms in total. The first-order valence-corrected chi connectivity index (χ1v) is 12.8. The summed E-state index contributed by atoms with van der Waals surface area (Å²) in [5.74, 6) is 0.0496. The summed E-state index contributed by atoms with van der Waals surface area (Å²) in [5, 5.41) is 0. The van der Waals surface area contributed by atoms with E-state index < -0.39 is 11.9 Å². The van der Waals surface area contributed by atoms with E-state index in [1.54, 1.807) is 12.4 Å². The predicted octanol–water partition coefficient (Wildman–Crippen LogP) is 8.09. The second kappa shape index (κ2) is 12.0. The third-order valence-electron chi connectivity index (χ3n) is 4.11. The molecule has 0 unspecified atom stereocenters. The van der Waals surface area contributed by atoms with Gasteiger partial charge in [-0.2, -0.15) is 0 Å². The van der Waals surface area contributed by atoms with Gasteiger partial charge in [0, 0.05) is 26.3 Å². The lowest BCUT2D eigenvalue weighted by Gasteiger charge is -2.08. The second-order valence-electron chi connectivity index (χ2n) is 6.85. The van der Waals surface area contributed by atoms with E-state index >= 15 is 0 Å². The van der Waals surface area contributed by atoms with Crippen LogP contribution in [0.15, 0.2) is 76.4 Å². The Kier molecular flexibility index (Phi) is 9.35. The summed E-state index contributed by atoms with van der Waals surface area (Å²) in [4.78, 5) is 31.4. The minimum Gasteiger partial charge on any atom is -0.424 e. The summed E-state index contributed by atoms with van der Waals surface area (Å²) in [6, 6.07) is 14.7. The first kappa shape index (κ1) is 26.5. The van der Waals surface area contributed by atoms with Gasteiger partial charge in [0.05, 0.1) is 29.3 Å². The Balaban J connectivity index is 1.71.